The molecular formula is C16H33NS. The van der Waals surface area contributed by atoms with Crippen LogP contribution in [0.3, 0.4) is 0 Å². The monoisotopic (exact) mass is 271 g/mol. The van der Waals surface area contributed by atoms with Crippen molar-refractivity contribution in [3.63, 3.8) is 0 Å². The molecule has 1 rings (SSSR count). The van der Waals surface area contributed by atoms with Crippen molar-refractivity contribution in [3.05, 3.63) is 0 Å². The summed E-state index contributed by atoms with van der Waals surface area (Å²) < 4.78 is 0.511. The maximum Gasteiger partial charge on any atom is 0.0285 e. The maximum absolute atomic E-state index is 3.57. The highest BCUT2D eigenvalue weighted by Crippen LogP contribution is 2.41. The van der Waals surface area contributed by atoms with Gasteiger partial charge in [-0.05, 0) is 39.0 Å². The van der Waals surface area contributed by atoms with Crippen LogP contribution >= 0.6 is 11.8 Å². The van der Waals surface area contributed by atoms with Gasteiger partial charge in [0.1, 0.15) is 0 Å². The Morgan fingerprint density at radius 2 is 1.78 bits per heavy atom. The number of hydrogen-bond donors (Lipinski definition) is 1. The lowest BCUT2D eigenvalue weighted by atomic mass is 9.91. The second-order valence-corrected chi connectivity index (χ2v) is 7.65. The molecule has 2 atom stereocenters. The standard InChI is InChI=1S/C16H33NS/c1-4-5-6-7-8-9-10-12-15(17-3)16(2)13-11-14-18-16/h15,17H,4-14H2,1-3H3. The largest absolute Gasteiger partial charge is 0.316 e. The van der Waals surface area contributed by atoms with Crippen molar-refractivity contribution in [1.29, 1.82) is 0 Å². The van der Waals surface area contributed by atoms with E-state index in [4.69, 9.17) is 0 Å². The third kappa shape index (κ3) is 5.52. The van der Waals surface area contributed by atoms with Crippen LogP contribution in [0.15, 0.2) is 0 Å². The molecule has 1 N–H and O–H groups in total. The maximum atomic E-state index is 3.57. The van der Waals surface area contributed by atoms with Gasteiger partial charge in [0, 0.05) is 10.8 Å². The lowest BCUT2D eigenvalue weighted by Gasteiger charge is -2.33. The van der Waals surface area contributed by atoms with Crippen molar-refractivity contribution in [2.24, 2.45) is 0 Å². The predicted octanol–water partition coefficient (Wildman–Crippen LogP) is 5.00. The molecule has 0 aromatic carbocycles. The Balaban J connectivity index is 2.08. The number of unbranched alkanes of at least 4 members (excludes halogenated alkanes) is 6. The minimum absolute atomic E-state index is 0.511. The summed E-state index contributed by atoms with van der Waals surface area (Å²) >= 11 is 2.19. The van der Waals surface area contributed by atoms with Crippen LogP contribution in [0.2, 0.25) is 0 Å². The fourth-order valence-electron chi connectivity index (χ4n) is 3.14. The van der Waals surface area contributed by atoms with Gasteiger partial charge in [0.25, 0.3) is 0 Å². The van der Waals surface area contributed by atoms with Crippen LogP contribution in [0.25, 0.3) is 0 Å². The molecule has 18 heavy (non-hydrogen) atoms. The molecule has 0 saturated carbocycles. The van der Waals surface area contributed by atoms with E-state index < -0.39 is 0 Å². The highest BCUT2D eigenvalue weighted by Gasteiger charge is 2.36. The summed E-state index contributed by atoms with van der Waals surface area (Å²) in [5.41, 5.74) is 0. The fourth-order valence-corrected chi connectivity index (χ4v) is 4.62. The van der Waals surface area contributed by atoms with Gasteiger partial charge in [-0.1, -0.05) is 51.9 Å². The van der Waals surface area contributed by atoms with E-state index in [9.17, 15) is 0 Å². The van der Waals surface area contributed by atoms with E-state index >= 15 is 0 Å². The fraction of sp³-hybridized carbons (Fsp3) is 1.00. The number of nitrogens with one attached hydrogen (secondary N) is 1. The molecule has 1 fully saturated rings. The van der Waals surface area contributed by atoms with Crippen molar-refractivity contribution in [2.45, 2.75) is 88.8 Å². The van der Waals surface area contributed by atoms with E-state index in [0.29, 0.717) is 4.75 Å². The molecule has 2 unspecified atom stereocenters. The lowest BCUT2D eigenvalue weighted by Crippen LogP contribution is -2.43. The van der Waals surface area contributed by atoms with Crippen LogP contribution in [0, 0.1) is 0 Å². The van der Waals surface area contributed by atoms with E-state index in [1.807, 2.05) is 0 Å². The van der Waals surface area contributed by atoms with Crippen molar-refractivity contribution in [1.82, 2.24) is 5.32 Å². The van der Waals surface area contributed by atoms with Gasteiger partial charge in [-0.25, -0.2) is 0 Å². The van der Waals surface area contributed by atoms with Crippen molar-refractivity contribution in [2.75, 3.05) is 12.8 Å². The molecule has 108 valence electrons. The molecule has 0 aliphatic carbocycles. The topological polar surface area (TPSA) is 12.0 Å². The summed E-state index contributed by atoms with van der Waals surface area (Å²) in [6, 6.07) is 0.723. The Morgan fingerprint density at radius 3 is 2.33 bits per heavy atom. The molecule has 0 radical (unpaired) electrons. The molecule has 1 aliphatic heterocycles. The first-order chi connectivity index (χ1) is 8.73. The van der Waals surface area contributed by atoms with E-state index in [2.05, 4.69) is 38.0 Å². The molecule has 1 saturated heterocycles. The molecular weight excluding hydrogens is 238 g/mol. The molecule has 1 aliphatic rings. The van der Waals surface area contributed by atoms with Crippen molar-refractivity contribution < 1.29 is 0 Å². The summed E-state index contributed by atoms with van der Waals surface area (Å²) in [7, 11) is 2.15. The number of thioether (sulfide) groups is 1. The van der Waals surface area contributed by atoms with Gasteiger partial charge >= 0.3 is 0 Å². The zero-order valence-electron chi connectivity index (χ0n) is 12.8. The van der Waals surface area contributed by atoms with E-state index in [0.717, 1.165) is 6.04 Å². The van der Waals surface area contributed by atoms with Gasteiger partial charge in [0.15, 0.2) is 0 Å². The quantitative estimate of drug-likeness (QED) is 0.561. The number of rotatable bonds is 10. The molecule has 0 bridgehead atoms. The molecule has 1 heterocycles. The van der Waals surface area contributed by atoms with Crippen LogP contribution in [-0.2, 0) is 0 Å². The highest BCUT2D eigenvalue weighted by atomic mass is 32.2. The lowest BCUT2D eigenvalue weighted by molar-refractivity contribution is 0.388. The number of hydrogen-bond acceptors (Lipinski definition) is 2. The zero-order valence-corrected chi connectivity index (χ0v) is 13.6. The first kappa shape index (κ1) is 16.4. The third-order valence-corrected chi connectivity index (χ3v) is 6.07. The summed E-state index contributed by atoms with van der Waals surface area (Å²) in [5, 5.41) is 3.57. The van der Waals surface area contributed by atoms with Crippen LogP contribution < -0.4 is 5.32 Å². The Hall–Kier alpha value is 0.310. The average molecular weight is 272 g/mol. The normalized spacial score (nSPS) is 25.5. The molecule has 0 amide bonds. The van der Waals surface area contributed by atoms with Gasteiger partial charge in [0.05, 0.1) is 0 Å². The minimum atomic E-state index is 0.511. The molecule has 0 spiro atoms. The second kappa shape index (κ2) is 9.25. The summed E-state index contributed by atoms with van der Waals surface area (Å²) in [6.45, 7) is 4.75. The average Bonchev–Trinajstić information content (AvgIpc) is 2.80. The van der Waals surface area contributed by atoms with Crippen LogP contribution in [0.1, 0.15) is 78.1 Å². The van der Waals surface area contributed by atoms with Crippen LogP contribution in [-0.4, -0.2) is 23.6 Å². The smallest absolute Gasteiger partial charge is 0.0285 e. The minimum Gasteiger partial charge on any atom is -0.316 e. The Morgan fingerprint density at radius 1 is 1.11 bits per heavy atom. The molecule has 1 nitrogen and oxygen atoms in total. The summed E-state index contributed by atoms with van der Waals surface area (Å²) in [6.07, 6.45) is 14.1. The Bertz CT molecular complexity index is 199. The van der Waals surface area contributed by atoms with Gasteiger partial charge in [0.2, 0.25) is 0 Å². The highest BCUT2D eigenvalue weighted by molar-refractivity contribution is 8.00. The van der Waals surface area contributed by atoms with Crippen LogP contribution in [0.5, 0.6) is 0 Å². The predicted molar refractivity (Wildman–Crippen MR) is 85.6 cm³/mol. The second-order valence-electron chi connectivity index (χ2n) is 6.02. The molecule has 0 aromatic rings. The van der Waals surface area contributed by atoms with Gasteiger partial charge in [-0.2, -0.15) is 11.8 Å². The first-order valence-corrected chi connectivity index (χ1v) is 9.02. The Kier molecular flexibility index (Phi) is 8.41. The first-order valence-electron chi connectivity index (χ1n) is 8.04. The Labute approximate surface area is 119 Å². The van der Waals surface area contributed by atoms with Crippen molar-refractivity contribution in [3.8, 4) is 0 Å². The SMILES string of the molecule is CCCCCCCCCC(NC)C1(C)CCCS1. The van der Waals surface area contributed by atoms with E-state index in [-0.39, 0.29) is 0 Å². The molecule has 2 heteroatoms. The van der Waals surface area contributed by atoms with E-state index in [1.165, 1.54) is 70.0 Å². The van der Waals surface area contributed by atoms with Crippen LogP contribution in [0.4, 0.5) is 0 Å². The molecule has 0 aromatic heterocycles. The summed E-state index contributed by atoms with van der Waals surface area (Å²) in [5.74, 6) is 1.37. The zero-order chi connectivity index (χ0) is 13.3. The van der Waals surface area contributed by atoms with Gasteiger partial charge in [-0.3, -0.25) is 0 Å². The van der Waals surface area contributed by atoms with Gasteiger partial charge in [-0.15, -0.1) is 0 Å². The van der Waals surface area contributed by atoms with Crippen molar-refractivity contribution >= 4 is 11.8 Å². The third-order valence-electron chi connectivity index (χ3n) is 4.43. The summed E-state index contributed by atoms with van der Waals surface area (Å²) in [4.78, 5) is 0. The van der Waals surface area contributed by atoms with E-state index in [1.54, 1.807) is 0 Å². The van der Waals surface area contributed by atoms with Gasteiger partial charge < -0.3 is 5.32 Å².